The molecule has 0 saturated heterocycles. The second-order valence-electron chi connectivity index (χ2n) is 2.19. The Morgan fingerprint density at radius 3 is 2.31 bits per heavy atom. The molecule has 0 spiro atoms. The molecule has 13 heavy (non-hydrogen) atoms. The van der Waals surface area contributed by atoms with Gasteiger partial charge in [-0.2, -0.15) is 13.2 Å². The van der Waals surface area contributed by atoms with Crippen LogP contribution in [-0.2, 0) is 4.79 Å². The van der Waals surface area contributed by atoms with E-state index < -0.39 is 12.1 Å². The Morgan fingerprint density at radius 1 is 1.31 bits per heavy atom. The molecule has 70 valence electrons. The van der Waals surface area contributed by atoms with Gasteiger partial charge in [0.1, 0.15) is 0 Å². The van der Waals surface area contributed by atoms with Gasteiger partial charge in [0, 0.05) is 18.1 Å². The van der Waals surface area contributed by atoms with Crippen LogP contribution >= 0.6 is 0 Å². The van der Waals surface area contributed by atoms with E-state index in [9.17, 15) is 18.0 Å². The Labute approximate surface area is 71.6 Å². The highest BCUT2D eigenvalue weighted by atomic mass is 19.4. The number of amides is 1. The normalized spacial score (nSPS) is 11.0. The lowest BCUT2D eigenvalue weighted by Crippen LogP contribution is -2.29. The highest BCUT2D eigenvalue weighted by molar-refractivity contribution is 5.94. The minimum atomic E-state index is -4.86. The SMILES string of the molecule is O=C(Nc1ccncc1)C(F)(F)F. The lowest BCUT2D eigenvalue weighted by atomic mass is 10.4. The van der Waals surface area contributed by atoms with Crippen molar-refractivity contribution in [2.45, 2.75) is 6.18 Å². The third-order valence-corrected chi connectivity index (χ3v) is 1.20. The molecular weight excluding hydrogens is 185 g/mol. The van der Waals surface area contributed by atoms with Crippen molar-refractivity contribution in [1.82, 2.24) is 4.98 Å². The van der Waals surface area contributed by atoms with E-state index in [2.05, 4.69) is 4.98 Å². The molecule has 0 aromatic carbocycles. The molecule has 1 aromatic rings. The molecule has 1 amide bonds. The van der Waals surface area contributed by atoms with Crippen molar-refractivity contribution in [2.75, 3.05) is 5.32 Å². The predicted octanol–water partition coefficient (Wildman–Crippen LogP) is 1.58. The zero-order valence-corrected chi connectivity index (χ0v) is 6.30. The summed E-state index contributed by atoms with van der Waals surface area (Å²) in [5.74, 6) is -1.99. The monoisotopic (exact) mass is 190 g/mol. The standard InChI is InChI=1S/C7H5F3N2O/c8-7(9,10)6(13)12-5-1-3-11-4-2-5/h1-4H,(H,11,12,13). The van der Waals surface area contributed by atoms with Crippen LogP contribution in [0.25, 0.3) is 0 Å². The van der Waals surface area contributed by atoms with Crippen molar-refractivity contribution in [3.63, 3.8) is 0 Å². The Morgan fingerprint density at radius 2 is 1.85 bits per heavy atom. The lowest BCUT2D eigenvalue weighted by Gasteiger charge is -2.06. The smallest absolute Gasteiger partial charge is 0.318 e. The molecule has 1 aromatic heterocycles. The quantitative estimate of drug-likeness (QED) is 0.730. The second kappa shape index (κ2) is 3.42. The fourth-order valence-electron chi connectivity index (χ4n) is 0.637. The molecule has 1 heterocycles. The van der Waals surface area contributed by atoms with Crippen LogP contribution in [-0.4, -0.2) is 17.1 Å². The molecule has 1 N–H and O–H groups in total. The summed E-state index contributed by atoms with van der Waals surface area (Å²) in [5, 5.41) is 1.68. The first-order valence-electron chi connectivity index (χ1n) is 3.28. The first kappa shape index (κ1) is 9.50. The Bertz CT molecular complexity index is 296. The van der Waals surface area contributed by atoms with Gasteiger partial charge in [0.05, 0.1) is 0 Å². The molecule has 3 nitrogen and oxygen atoms in total. The number of aromatic nitrogens is 1. The maximum Gasteiger partial charge on any atom is 0.471 e. The fourth-order valence-corrected chi connectivity index (χ4v) is 0.637. The van der Waals surface area contributed by atoms with Gasteiger partial charge in [-0.1, -0.05) is 0 Å². The van der Waals surface area contributed by atoms with Gasteiger partial charge in [-0.25, -0.2) is 0 Å². The molecular formula is C7H5F3N2O. The van der Waals surface area contributed by atoms with Gasteiger partial charge < -0.3 is 5.32 Å². The summed E-state index contributed by atoms with van der Waals surface area (Å²) in [5.41, 5.74) is 0.0670. The summed E-state index contributed by atoms with van der Waals surface area (Å²) in [6, 6.07) is 2.54. The summed E-state index contributed by atoms with van der Waals surface area (Å²) in [6.07, 6.45) is -2.29. The van der Waals surface area contributed by atoms with Gasteiger partial charge in [0.25, 0.3) is 0 Å². The van der Waals surface area contributed by atoms with Crippen molar-refractivity contribution >= 4 is 11.6 Å². The highest BCUT2D eigenvalue weighted by Crippen LogP contribution is 2.17. The Hall–Kier alpha value is -1.59. The summed E-state index contributed by atoms with van der Waals surface area (Å²) in [7, 11) is 0. The van der Waals surface area contributed by atoms with Gasteiger partial charge >= 0.3 is 12.1 Å². The molecule has 1 rings (SSSR count). The topological polar surface area (TPSA) is 42.0 Å². The minimum Gasteiger partial charge on any atom is -0.318 e. The summed E-state index contributed by atoms with van der Waals surface area (Å²) in [4.78, 5) is 14.0. The van der Waals surface area contributed by atoms with Gasteiger partial charge in [0.2, 0.25) is 0 Å². The third kappa shape index (κ3) is 2.73. The number of halogens is 3. The molecule has 0 bridgehead atoms. The molecule has 0 aliphatic heterocycles. The van der Waals surface area contributed by atoms with Gasteiger partial charge in [-0.15, -0.1) is 0 Å². The molecule has 0 fully saturated rings. The average molecular weight is 190 g/mol. The number of nitrogens with zero attached hydrogens (tertiary/aromatic N) is 1. The molecule has 0 aliphatic rings. The molecule has 0 saturated carbocycles. The van der Waals surface area contributed by atoms with E-state index in [-0.39, 0.29) is 5.69 Å². The van der Waals surface area contributed by atoms with Crippen LogP contribution in [0.4, 0.5) is 18.9 Å². The Kier molecular flexibility index (Phi) is 2.50. The lowest BCUT2D eigenvalue weighted by molar-refractivity contribution is -0.167. The number of anilines is 1. The average Bonchev–Trinajstić information content (AvgIpc) is 2.04. The number of hydrogen-bond acceptors (Lipinski definition) is 2. The minimum absolute atomic E-state index is 0.0670. The number of carbonyl (C=O) groups excluding carboxylic acids is 1. The zero-order chi connectivity index (χ0) is 9.90. The number of alkyl halides is 3. The van der Waals surface area contributed by atoms with Crippen LogP contribution in [0.5, 0.6) is 0 Å². The van der Waals surface area contributed by atoms with Crippen LogP contribution < -0.4 is 5.32 Å². The number of rotatable bonds is 1. The number of hydrogen-bond donors (Lipinski definition) is 1. The van der Waals surface area contributed by atoms with Crippen LogP contribution in [0.3, 0.4) is 0 Å². The molecule has 0 unspecified atom stereocenters. The van der Waals surface area contributed by atoms with Crippen molar-refractivity contribution in [2.24, 2.45) is 0 Å². The van der Waals surface area contributed by atoms with Crippen LogP contribution in [0.2, 0.25) is 0 Å². The third-order valence-electron chi connectivity index (χ3n) is 1.20. The van der Waals surface area contributed by atoms with Crippen LogP contribution in [0.1, 0.15) is 0 Å². The van der Waals surface area contributed by atoms with E-state index in [4.69, 9.17) is 0 Å². The molecule has 0 atom stereocenters. The first-order valence-corrected chi connectivity index (χ1v) is 3.28. The molecule has 6 heteroatoms. The van der Waals surface area contributed by atoms with Crippen molar-refractivity contribution in [1.29, 1.82) is 0 Å². The van der Waals surface area contributed by atoms with Crippen molar-refractivity contribution in [3.05, 3.63) is 24.5 Å². The molecule has 0 aliphatic carbocycles. The fraction of sp³-hybridized carbons (Fsp3) is 0.143. The van der Waals surface area contributed by atoms with E-state index in [1.807, 2.05) is 0 Å². The van der Waals surface area contributed by atoms with Crippen molar-refractivity contribution < 1.29 is 18.0 Å². The van der Waals surface area contributed by atoms with Crippen LogP contribution in [0, 0.1) is 0 Å². The van der Waals surface area contributed by atoms with E-state index in [1.54, 1.807) is 5.32 Å². The predicted molar refractivity (Wildman–Crippen MR) is 38.9 cm³/mol. The number of carbonyl (C=O) groups is 1. The van der Waals surface area contributed by atoms with E-state index >= 15 is 0 Å². The van der Waals surface area contributed by atoms with Crippen LogP contribution in [0.15, 0.2) is 24.5 Å². The van der Waals surface area contributed by atoms with Crippen molar-refractivity contribution in [3.8, 4) is 0 Å². The maximum absolute atomic E-state index is 11.7. The highest BCUT2D eigenvalue weighted by Gasteiger charge is 2.38. The van der Waals surface area contributed by atoms with Gasteiger partial charge in [-0.3, -0.25) is 9.78 Å². The number of nitrogens with one attached hydrogen (secondary N) is 1. The summed E-state index contributed by atoms with van der Waals surface area (Å²) >= 11 is 0. The Balaban J connectivity index is 2.66. The van der Waals surface area contributed by atoms with E-state index in [0.29, 0.717) is 0 Å². The second-order valence-corrected chi connectivity index (χ2v) is 2.19. The first-order chi connectivity index (χ1) is 6.00. The van der Waals surface area contributed by atoms with E-state index in [1.165, 1.54) is 24.5 Å². The molecule has 0 radical (unpaired) electrons. The van der Waals surface area contributed by atoms with Gasteiger partial charge in [0.15, 0.2) is 0 Å². The maximum atomic E-state index is 11.7. The van der Waals surface area contributed by atoms with E-state index in [0.717, 1.165) is 0 Å². The van der Waals surface area contributed by atoms with Gasteiger partial charge in [-0.05, 0) is 12.1 Å². The summed E-state index contributed by atoms with van der Waals surface area (Å²) < 4.78 is 35.1. The largest absolute Gasteiger partial charge is 0.471 e. The zero-order valence-electron chi connectivity index (χ0n) is 6.30. The number of pyridine rings is 1. The summed E-state index contributed by atoms with van der Waals surface area (Å²) in [6.45, 7) is 0.